The maximum absolute atomic E-state index is 5.62. The van der Waals surface area contributed by atoms with Gasteiger partial charge in [-0.15, -0.1) is 0 Å². The van der Waals surface area contributed by atoms with Gasteiger partial charge in [-0.1, -0.05) is 34.1 Å². The number of aliphatic imine (C=N–C) groups is 1. The Hall–Kier alpha value is -0.870. The first-order chi connectivity index (χ1) is 6.77. The molecule has 1 aromatic rings. The van der Waals surface area contributed by atoms with Crippen LogP contribution in [0.2, 0.25) is 0 Å². The highest BCUT2D eigenvalue weighted by molar-refractivity contribution is 9.10. The molecule has 0 radical (unpaired) electrons. The van der Waals surface area contributed by atoms with Gasteiger partial charge in [0.05, 0.1) is 6.61 Å². The van der Waals surface area contributed by atoms with Crippen LogP contribution in [0.1, 0.15) is 11.6 Å². The summed E-state index contributed by atoms with van der Waals surface area (Å²) in [6.45, 7) is 1.05. The highest BCUT2D eigenvalue weighted by Crippen LogP contribution is 2.27. The molecule has 0 saturated heterocycles. The maximum atomic E-state index is 5.62. The van der Waals surface area contributed by atoms with Gasteiger partial charge in [0, 0.05) is 4.47 Å². The second kappa shape index (κ2) is 4.11. The molecule has 0 spiro atoms. The van der Waals surface area contributed by atoms with E-state index in [1.165, 1.54) is 0 Å². The molecule has 0 aliphatic carbocycles. The zero-order valence-electron chi connectivity index (χ0n) is 7.61. The highest BCUT2D eigenvalue weighted by atomic mass is 79.9. The third kappa shape index (κ3) is 1.96. The molecule has 1 aromatic carbocycles. The number of hydrogen-bond donors (Lipinski definition) is 1. The topological polar surface area (TPSA) is 47.6 Å². The number of amidine groups is 1. The summed E-state index contributed by atoms with van der Waals surface area (Å²) in [4.78, 5) is 4.35. The van der Waals surface area contributed by atoms with E-state index in [0.717, 1.165) is 10.0 Å². The van der Waals surface area contributed by atoms with Crippen LogP contribution in [-0.2, 0) is 4.74 Å². The second-order valence-electron chi connectivity index (χ2n) is 3.17. The van der Waals surface area contributed by atoms with Crippen LogP contribution in [0.25, 0.3) is 0 Å². The van der Waals surface area contributed by atoms with Crippen LogP contribution in [0, 0.1) is 0 Å². The third-order valence-electron chi connectivity index (χ3n) is 2.11. The number of hydrogen-bond acceptors (Lipinski definition) is 3. The van der Waals surface area contributed by atoms with E-state index in [1.807, 2.05) is 24.3 Å². The molecule has 74 valence electrons. The van der Waals surface area contributed by atoms with E-state index in [2.05, 4.69) is 20.9 Å². The minimum atomic E-state index is 0.0272. The fourth-order valence-electron chi connectivity index (χ4n) is 1.45. The Morgan fingerprint density at radius 1 is 1.43 bits per heavy atom. The molecule has 0 bridgehead atoms. The molecule has 0 aromatic heterocycles. The molecule has 0 amide bonds. The minimum Gasteiger partial charge on any atom is -0.386 e. The monoisotopic (exact) mass is 254 g/mol. The number of halogens is 1. The summed E-state index contributed by atoms with van der Waals surface area (Å²) in [5.74, 6) is 0.567. The lowest BCUT2D eigenvalue weighted by molar-refractivity contribution is 0.143. The largest absolute Gasteiger partial charge is 0.386 e. The molecule has 4 heteroatoms. The first-order valence-corrected chi connectivity index (χ1v) is 5.21. The maximum Gasteiger partial charge on any atom is 0.121 e. The van der Waals surface area contributed by atoms with Gasteiger partial charge in [0.2, 0.25) is 0 Å². The third-order valence-corrected chi connectivity index (χ3v) is 2.83. The molecule has 0 saturated carbocycles. The van der Waals surface area contributed by atoms with Crippen LogP contribution >= 0.6 is 15.9 Å². The van der Waals surface area contributed by atoms with Crippen molar-refractivity contribution in [1.29, 1.82) is 0 Å². The average molecular weight is 255 g/mol. The van der Waals surface area contributed by atoms with Gasteiger partial charge in [-0.05, 0) is 11.6 Å². The van der Waals surface area contributed by atoms with E-state index in [-0.39, 0.29) is 6.04 Å². The van der Waals surface area contributed by atoms with E-state index in [1.54, 1.807) is 0 Å². The number of nitrogens with zero attached hydrogens (tertiary/aromatic N) is 1. The fraction of sp³-hybridized carbons (Fsp3) is 0.300. The lowest BCUT2D eigenvalue weighted by Gasteiger charge is -2.20. The number of ether oxygens (including phenoxy) is 1. The number of benzene rings is 1. The van der Waals surface area contributed by atoms with Gasteiger partial charge >= 0.3 is 0 Å². The Morgan fingerprint density at radius 3 is 2.93 bits per heavy atom. The van der Waals surface area contributed by atoms with Crippen molar-refractivity contribution >= 4 is 21.8 Å². The number of rotatable bonds is 1. The van der Waals surface area contributed by atoms with Crippen molar-refractivity contribution in [2.45, 2.75) is 6.04 Å². The van der Waals surface area contributed by atoms with Gasteiger partial charge < -0.3 is 10.5 Å². The van der Waals surface area contributed by atoms with Gasteiger partial charge in [0.1, 0.15) is 18.5 Å². The molecule has 2 N–H and O–H groups in total. The zero-order chi connectivity index (χ0) is 9.97. The first kappa shape index (κ1) is 9.68. The normalized spacial score (nSPS) is 21.8. The Bertz CT molecular complexity index is 365. The van der Waals surface area contributed by atoms with Crippen LogP contribution in [0.3, 0.4) is 0 Å². The van der Waals surface area contributed by atoms with Gasteiger partial charge in [-0.2, -0.15) is 0 Å². The first-order valence-electron chi connectivity index (χ1n) is 4.41. The number of nitrogens with two attached hydrogens (primary N) is 1. The molecule has 0 fully saturated rings. The van der Waals surface area contributed by atoms with Gasteiger partial charge in [-0.25, -0.2) is 0 Å². The summed E-state index contributed by atoms with van der Waals surface area (Å²) in [7, 11) is 0. The van der Waals surface area contributed by atoms with Crippen LogP contribution in [-0.4, -0.2) is 19.0 Å². The summed E-state index contributed by atoms with van der Waals surface area (Å²) in [5, 5.41) is 0. The van der Waals surface area contributed by atoms with E-state index < -0.39 is 0 Å². The van der Waals surface area contributed by atoms with Crippen molar-refractivity contribution in [3.8, 4) is 0 Å². The zero-order valence-corrected chi connectivity index (χ0v) is 9.20. The predicted molar refractivity (Wildman–Crippen MR) is 59.3 cm³/mol. The summed E-state index contributed by atoms with van der Waals surface area (Å²) < 4.78 is 6.38. The van der Waals surface area contributed by atoms with Crippen LogP contribution in [0.4, 0.5) is 0 Å². The van der Waals surface area contributed by atoms with E-state index in [9.17, 15) is 0 Å². The van der Waals surface area contributed by atoms with Gasteiger partial charge in [-0.3, -0.25) is 4.99 Å². The predicted octanol–water partition coefficient (Wildman–Crippen LogP) is 1.88. The summed E-state index contributed by atoms with van der Waals surface area (Å²) in [5.41, 5.74) is 6.74. The molecule has 1 atom stereocenters. The molecule has 1 heterocycles. The van der Waals surface area contributed by atoms with Gasteiger partial charge in [0.15, 0.2) is 0 Å². The molecule has 0 unspecified atom stereocenters. The SMILES string of the molecule is NC1=N[C@@H](c2ccccc2Br)COC1. The van der Waals surface area contributed by atoms with Crippen LogP contribution < -0.4 is 5.73 Å². The lowest BCUT2D eigenvalue weighted by Crippen LogP contribution is -2.27. The standard InChI is InChI=1S/C10H11BrN2O/c11-8-4-2-1-3-7(8)9-5-14-6-10(12)13-9/h1-4,9H,5-6H2,(H2,12,13)/t9-/m1/s1. The van der Waals surface area contributed by atoms with Crippen molar-refractivity contribution in [1.82, 2.24) is 0 Å². The summed E-state index contributed by atoms with van der Waals surface area (Å²) in [6, 6.07) is 8.01. The van der Waals surface area contributed by atoms with Crippen molar-refractivity contribution in [3.63, 3.8) is 0 Å². The molecule has 2 rings (SSSR count). The second-order valence-corrected chi connectivity index (χ2v) is 4.03. The van der Waals surface area contributed by atoms with E-state index in [4.69, 9.17) is 10.5 Å². The molecule has 1 aliphatic rings. The average Bonchev–Trinajstić information content (AvgIpc) is 2.18. The van der Waals surface area contributed by atoms with Crippen molar-refractivity contribution in [3.05, 3.63) is 34.3 Å². The Balaban J connectivity index is 2.31. The van der Waals surface area contributed by atoms with Crippen LogP contribution in [0.5, 0.6) is 0 Å². The van der Waals surface area contributed by atoms with Crippen molar-refractivity contribution < 1.29 is 4.74 Å². The summed E-state index contributed by atoms with van der Waals surface area (Å²) >= 11 is 3.49. The Labute approximate surface area is 91.1 Å². The Morgan fingerprint density at radius 2 is 2.21 bits per heavy atom. The molecule has 1 aliphatic heterocycles. The Kier molecular flexibility index (Phi) is 2.84. The quantitative estimate of drug-likeness (QED) is 0.832. The van der Waals surface area contributed by atoms with Gasteiger partial charge in [0.25, 0.3) is 0 Å². The smallest absolute Gasteiger partial charge is 0.121 e. The minimum absolute atomic E-state index is 0.0272. The molecular weight excluding hydrogens is 244 g/mol. The van der Waals surface area contributed by atoms with Crippen LogP contribution in [0.15, 0.2) is 33.7 Å². The van der Waals surface area contributed by atoms with E-state index >= 15 is 0 Å². The molecular formula is C10H11BrN2O. The van der Waals surface area contributed by atoms with Crippen molar-refractivity contribution in [2.24, 2.45) is 10.7 Å². The fourth-order valence-corrected chi connectivity index (χ4v) is 2.00. The highest BCUT2D eigenvalue weighted by Gasteiger charge is 2.17. The van der Waals surface area contributed by atoms with E-state index in [0.29, 0.717) is 19.0 Å². The van der Waals surface area contributed by atoms with Crippen molar-refractivity contribution in [2.75, 3.05) is 13.2 Å². The molecule has 14 heavy (non-hydrogen) atoms. The summed E-state index contributed by atoms with van der Waals surface area (Å²) in [6.07, 6.45) is 0. The molecule has 3 nitrogen and oxygen atoms in total. The lowest BCUT2D eigenvalue weighted by atomic mass is 10.1.